The summed E-state index contributed by atoms with van der Waals surface area (Å²) in [7, 11) is 2.21. The highest BCUT2D eigenvalue weighted by molar-refractivity contribution is 4.79. The van der Waals surface area contributed by atoms with Gasteiger partial charge in [0.25, 0.3) is 0 Å². The van der Waals surface area contributed by atoms with E-state index in [1.807, 2.05) is 0 Å². The highest BCUT2D eigenvalue weighted by Gasteiger charge is 2.25. The van der Waals surface area contributed by atoms with Crippen molar-refractivity contribution in [3.8, 4) is 0 Å². The van der Waals surface area contributed by atoms with Gasteiger partial charge in [0.1, 0.15) is 0 Å². The third-order valence-electron chi connectivity index (χ3n) is 4.44. The largest absolute Gasteiger partial charge is 0.374 e. The lowest BCUT2D eigenvalue weighted by Crippen LogP contribution is -2.53. The molecule has 2 atom stereocenters. The Balaban J connectivity index is 1.75. The van der Waals surface area contributed by atoms with Crippen LogP contribution in [-0.4, -0.2) is 86.3 Å². The van der Waals surface area contributed by atoms with Crippen molar-refractivity contribution < 1.29 is 4.74 Å². The molecule has 2 rings (SSSR count). The fourth-order valence-corrected chi connectivity index (χ4v) is 2.83. The predicted octanol–water partition coefficient (Wildman–Crippen LogP) is 0.733. The van der Waals surface area contributed by atoms with E-state index in [-0.39, 0.29) is 0 Å². The maximum Gasteiger partial charge on any atom is 0.0829 e. The smallest absolute Gasteiger partial charge is 0.0829 e. The zero-order valence-electron chi connectivity index (χ0n) is 12.3. The third kappa shape index (κ3) is 3.92. The van der Waals surface area contributed by atoms with Crippen LogP contribution in [0, 0.1) is 0 Å². The average Bonchev–Trinajstić information content (AvgIpc) is 2.41. The van der Waals surface area contributed by atoms with Gasteiger partial charge in [-0.25, -0.2) is 0 Å². The molecule has 2 heterocycles. The number of ether oxygens (including phenoxy) is 1. The van der Waals surface area contributed by atoms with Crippen LogP contribution in [0.2, 0.25) is 0 Å². The van der Waals surface area contributed by atoms with Gasteiger partial charge >= 0.3 is 0 Å². The minimum Gasteiger partial charge on any atom is -0.374 e. The first kappa shape index (κ1) is 14.3. The van der Waals surface area contributed by atoms with Gasteiger partial charge in [0.05, 0.1) is 12.7 Å². The molecule has 2 saturated heterocycles. The second-order valence-electron chi connectivity index (χ2n) is 5.85. The van der Waals surface area contributed by atoms with Gasteiger partial charge in [0, 0.05) is 51.9 Å². The molecule has 2 unspecified atom stereocenters. The SMILES string of the molecule is CCC(C)N1CCOC(CN2CCN(C)CC2)C1. The van der Waals surface area contributed by atoms with Gasteiger partial charge in [-0.2, -0.15) is 0 Å². The Morgan fingerprint density at radius 2 is 1.89 bits per heavy atom. The molecule has 4 nitrogen and oxygen atoms in total. The molecule has 0 spiro atoms. The highest BCUT2D eigenvalue weighted by Crippen LogP contribution is 2.13. The second kappa shape index (κ2) is 6.85. The van der Waals surface area contributed by atoms with E-state index in [0.29, 0.717) is 12.1 Å². The molecular formula is C14H29N3O. The fourth-order valence-electron chi connectivity index (χ4n) is 2.83. The molecule has 0 aromatic carbocycles. The number of nitrogens with zero attached hydrogens (tertiary/aromatic N) is 3. The van der Waals surface area contributed by atoms with Gasteiger partial charge < -0.3 is 9.64 Å². The number of piperazine rings is 1. The first-order valence-electron chi connectivity index (χ1n) is 7.45. The van der Waals surface area contributed by atoms with E-state index < -0.39 is 0 Å². The van der Waals surface area contributed by atoms with Gasteiger partial charge in [-0.15, -0.1) is 0 Å². The zero-order valence-corrected chi connectivity index (χ0v) is 12.3. The van der Waals surface area contributed by atoms with Crippen LogP contribution in [0.3, 0.4) is 0 Å². The van der Waals surface area contributed by atoms with E-state index in [2.05, 4.69) is 35.6 Å². The summed E-state index contributed by atoms with van der Waals surface area (Å²) in [5.74, 6) is 0. The molecule has 4 heteroatoms. The van der Waals surface area contributed by atoms with Crippen LogP contribution < -0.4 is 0 Å². The average molecular weight is 255 g/mol. The first-order valence-corrected chi connectivity index (χ1v) is 7.45. The maximum atomic E-state index is 5.94. The van der Waals surface area contributed by atoms with Crippen molar-refractivity contribution in [2.24, 2.45) is 0 Å². The van der Waals surface area contributed by atoms with E-state index in [1.165, 1.54) is 32.6 Å². The molecule has 2 aliphatic heterocycles. The molecule has 18 heavy (non-hydrogen) atoms. The van der Waals surface area contributed by atoms with Gasteiger partial charge in [0.2, 0.25) is 0 Å². The minimum absolute atomic E-state index is 0.413. The Morgan fingerprint density at radius 1 is 1.17 bits per heavy atom. The number of hydrogen-bond donors (Lipinski definition) is 0. The number of hydrogen-bond acceptors (Lipinski definition) is 4. The monoisotopic (exact) mass is 255 g/mol. The molecular weight excluding hydrogens is 226 g/mol. The van der Waals surface area contributed by atoms with E-state index in [0.717, 1.165) is 26.2 Å². The highest BCUT2D eigenvalue weighted by atomic mass is 16.5. The van der Waals surface area contributed by atoms with Crippen molar-refractivity contribution >= 4 is 0 Å². The standard InChI is InChI=1S/C14H29N3O/c1-4-13(2)17-9-10-18-14(12-17)11-16-7-5-15(3)6-8-16/h13-14H,4-12H2,1-3H3. The summed E-state index contributed by atoms with van der Waals surface area (Å²) in [5, 5.41) is 0. The van der Waals surface area contributed by atoms with Crippen molar-refractivity contribution in [1.29, 1.82) is 0 Å². The predicted molar refractivity (Wildman–Crippen MR) is 75.0 cm³/mol. The maximum absolute atomic E-state index is 5.94. The molecule has 0 aromatic heterocycles. The molecule has 0 saturated carbocycles. The lowest BCUT2D eigenvalue weighted by Gasteiger charge is -2.40. The van der Waals surface area contributed by atoms with Crippen LogP contribution in [-0.2, 0) is 4.74 Å². The minimum atomic E-state index is 0.413. The quantitative estimate of drug-likeness (QED) is 0.737. The Kier molecular flexibility index (Phi) is 5.42. The van der Waals surface area contributed by atoms with Crippen LogP contribution in [0.1, 0.15) is 20.3 Å². The summed E-state index contributed by atoms with van der Waals surface area (Å²) in [4.78, 5) is 7.55. The van der Waals surface area contributed by atoms with Crippen molar-refractivity contribution in [2.75, 3.05) is 59.5 Å². The Bertz CT molecular complexity index is 241. The number of morpholine rings is 1. The van der Waals surface area contributed by atoms with Crippen molar-refractivity contribution in [2.45, 2.75) is 32.4 Å². The summed E-state index contributed by atoms with van der Waals surface area (Å²) in [6, 6.07) is 0.698. The second-order valence-corrected chi connectivity index (χ2v) is 5.85. The molecule has 0 aliphatic carbocycles. The van der Waals surface area contributed by atoms with Crippen LogP contribution in [0.25, 0.3) is 0 Å². The van der Waals surface area contributed by atoms with Crippen LogP contribution in [0.5, 0.6) is 0 Å². The van der Waals surface area contributed by atoms with Crippen molar-refractivity contribution in [3.05, 3.63) is 0 Å². The van der Waals surface area contributed by atoms with E-state index in [1.54, 1.807) is 0 Å². The summed E-state index contributed by atoms with van der Waals surface area (Å²) in [6.45, 7) is 13.6. The van der Waals surface area contributed by atoms with Crippen LogP contribution in [0.4, 0.5) is 0 Å². The molecule has 0 N–H and O–H groups in total. The van der Waals surface area contributed by atoms with Crippen LogP contribution >= 0.6 is 0 Å². The van der Waals surface area contributed by atoms with Crippen molar-refractivity contribution in [3.63, 3.8) is 0 Å². The molecule has 0 bridgehead atoms. The van der Waals surface area contributed by atoms with E-state index in [4.69, 9.17) is 4.74 Å². The Morgan fingerprint density at radius 3 is 2.56 bits per heavy atom. The van der Waals surface area contributed by atoms with Gasteiger partial charge in [-0.1, -0.05) is 6.92 Å². The number of rotatable bonds is 4. The lowest BCUT2D eigenvalue weighted by molar-refractivity contribution is -0.0579. The summed E-state index contributed by atoms with van der Waals surface area (Å²) >= 11 is 0. The third-order valence-corrected chi connectivity index (χ3v) is 4.44. The van der Waals surface area contributed by atoms with Gasteiger partial charge in [0.15, 0.2) is 0 Å². The van der Waals surface area contributed by atoms with E-state index >= 15 is 0 Å². The molecule has 2 fully saturated rings. The molecule has 0 amide bonds. The molecule has 106 valence electrons. The Labute approximate surface area is 112 Å². The first-order chi connectivity index (χ1) is 8.69. The van der Waals surface area contributed by atoms with Crippen LogP contribution in [0.15, 0.2) is 0 Å². The van der Waals surface area contributed by atoms with E-state index in [9.17, 15) is 0 Å². The molecule has 0 aromatic rings. The number of likely N-dealkylation sites (N-methyl/N-ethyl adjacent to an activating group) is 1. The van der Waals surface area contributed by atoms with Gasteiger partial charge in [-0.05, 0) is 20.4 Å². The van der Waals surface area contributed by atoms with Gasteiger partial charge in [-0.3, -0.25) is 9.80 Å². The normalized spacial score (nSPS) is 30.5. The summed E-state index contributed by atoms with van der Waals surface area (Å²) in [5.41, 5.74) is 0. The molecule has 2 aliphatic rings. The fraction of sp³-hybridized carbons (Fsp3) is 1.00. The van der Waals surface area contributed by atoms with Crippen molar-refractivity contribution in [1.82, 2.24) is 14.7 Å². The Hall–Kier alpha value is -0.160. The lowest BCUT2D eigenvalue weighted by atomic mass is 10.1. The molecule has 0 radical (unpaired) electrons. The summed E-state index contributed by atoms with van der Waals surface area (Å²) in [6.07, 6.45) is 1.65. The zero-order chi connectivity index (χ0) is 13.0. The topological polar surface area (TPSA) is 19.0 Å². The summed E-state index contributed by atoms with van der Waals surface area (Å²) < 4.78 is 5.94.